The van der Waals surface area contributed by atoms with Crippen LogP contribution >= 0.6 is 11.3 Å². The Bertz CT molecular complexity index is 1370. The average molecular weight is 526 g/mol. The second kappa shape index (κ2) is 12.3. The molecule has 1 aromatic heterocycles. The third kappa shape index (κ3) is 6.80. The van der Waals surface area contributed by atoms with E-state index in [1.165, 1.54) is 34.5 Å². The predicted octanol–water partition coefficient (Wildman–Crippen LogP) is 6.32. The molecule has 0 bridgehead atoms. The van der Waals surface area contributed by atoms with E-state index in [-0.39, 0.29) is 40.2 Å². The largest absolute Gasteiger partial charge is 0.351 e. The van der Waals surface area contributed by atoms with Crippen molar-refractivity contribution in [3.8, 4) is 17.3 Å². The molecule has 0 fully saturated rings. The summed E-state index contributed by atoms with van der Waals surface area (Å²) in [7, 11) is 3.38. The van der Waals surface area contributed by atoms with E-state index in [4.69, 9.17) is 0 Å². The molecule has 0 aliphatic heterocycles. The number of hydrogen-bond acceptors (Lipinski definition) is 4. The van der Waals surface area contributed by atoms with Crippen molar-refractivity contribution in [2.24, 2.45) is 0 Å². The van der Waals surface area contributed by atoms with Gasteiger partial charge in [0.1, 0.15) is 33.7 Å². The summed E-state index contributed by atoms with van der Waals surface area (Å²) < 4.78 is 56.9. The first kappa shape index (κ1) is 27.6. The van der Waals surface area contributed by atoms with Crippen molar-refractivity contribution in [3.63, 3.8) is 0 Å². The lowest BCUT2D eigenvalue weighted by Crippen LogP contribution is -2.31. The van der Waals surface area contributed by atoms with E-state index in [0.717, 1.165) is 35.9 Å². The Hall–Kier alpha value is -4.03. The maximum atomic E-state index is 14.5. The molecule has 0 radical (unpaired) electrons. The molecule has 9 heteroatoms. The molecule has 0 saturated carbocycles. The number of thiazole rings is 1. The summed E-state index contributed by atoms with van der Waals surface area (Å²) in [5, 5.41) is 12.0. The highest BCUT2D eigenvalue weighted by atomic mass is 32.1. The van der Waals surface area contributed by atoms with E-state index in [0.29, 0.717) is 0 Å². The molecule has 37 heavy (non-hydrogen) atoms. The third-order valence-corrected chi connectivity index (χ3v) is 6.49. The zero-order valence-corrected chi connectivity index (χ0v) is 20.9. The molecular weight excluding hydrogens is 502 g/mol. The number of rotatable bonds is 7. The molecule has 1 heterocycles. The van der Waals surface area contributed by atoms with E-state index in [2.05, 4.69) is 11.1 Å². The minimum atomic E-state index is -1.42. The first-order valence-electron chi connectivity index (χ1n) is 11.1. The molecule has 4 nitrogen and oxygen atoms in total. The first-order chi connectivity index (χ1) is 17.7. The Morgan fingerprint density at radius 3 is 1.95 bits per heavy atom. The van der Waals surface area contributed by atoms with Crippen molar-refractivity contribution in [2.45, 2.75) is 18.3 Å². The number of aromatic nitrogens is 1. The molecule has 0 aliphatic carbocycles. The van der Waals surface area contributed by atoms with Crippen LogP contribution in [0.4, 0.5) is 17.6 Å². The van der Waals surface area contributed by atoms with Crippen LogP contribution < -0.4 is 0 Å². The van der Waals surface area contributed by atoms with Crippen LogP contribution in [0.3, 0.4) is 0 Å². The number of amides is 1. The van der Waals surface area contributed by atoms with Gasteiger partial charge in [-0.2, -0.15) is 5.26 Å². The Balaban J connectivity index is 0.000000695. The number of nitrogens with zero attached hydrogens (tertiary/aromatic N) is 3. The number of nitriles is 1. The fraction of sp³-hybridized carbons (Fsp3) is 0.179. The molecule has 0 spiro atoms. The standard InChI is InChI=1S/C25H16F4N2S.C3H7NO/c26-18-9-10-22(29)19(11-18)23-14-32-24(31-23)25(15-30,12-16-5-1-3-7-20(16)27)13-17-6-2-4-8-21(17)28;1-4(2)3-5/h1-11,14H,12-13H2;3H,1-2H3. The maximum absolute atomic E-state index is 14.5. The van der Waals surface area contributed by atoms with Crippen LogP contribution in [-0.4, -0.2) is 30.4 Å². The topological polar surface area (TPSA) is 57.0 Å². The second-order valence-electron chi connectivity index (χ2n) is 8.46. The normalized spacial score (nSPS) is 10.7. The Morgan fingerprint density at radius 2 is 1.46 bits per heavy atom. The number of halogens is 4. The van der Waals surface area contributed by atoms with Crippen molar-refractivity contribution in [1.82, 2.24) is 9.88 Å². The molecule has 0 aliphatic rings. The van der Waals surface area contributed by atoms with Crippen molar-refractivity contribution in [2.75, 3.05) is 14.1 Å². The van der Waals surface area contributed by atoms with Gasteiger partial charge < -0.3 is 4.90 Å². The van der Waals surface area contributed by atoms with Crippen LogP contribution in [0.1, 0.15) is 16.1 Å². The lowest BCUT2D eigenvalue weighted by molar-refractivity contribution is -0.115. The van der Waals surface area contributed by atoms with Gasteiger partial charge in [0.15, 0.2) is 0 Å². The number of hydrogen-bond donors (Lipinski definition) is 0. The van der Waals surface area contributed by atoms with Crippen LogP contribution in [0.25, 0.3) is 11.3 Å². The van der Waals surface area contributed by atoms with Gasteiger partial charge in [-0.1, -0.05) is 36.4 Å². The fourth-order valence-corrected chi connectivity index (χ4v) is 4.55. The van der Waals surface area contributed by atoms with Crippen LogP contribution in [0.15, 0.2) is 72.1 Å². The molecule has 3 aromatic carbocycles. The third-order valence-electron chi connectivity index (χ3n) is 5.44. The fourth-order valence-electron chi connectivity index (χ4n) is 3.59. The molecule has 4 rings (SSSR count). The first-order valence-corrected chi connectivity index (χ1v) is 12.0. The van der Waals surface area contributed by atoms with Gasteiger partial charge in [-0.15, -0.1) is 11.3 Å². The van der Waals surface area contributed by atoms with Gasteiger partial charge in [-0.3, -0.25) is 4.79 Å². The molecule has 0 unspecified atom stereocenters. The highest BCUT2D eigenvalue weighted by Crippen LogP contribution is 2.37. The highest BCUT2D eigenvalue weighted by Gasteiger charge is 2.38. The van der Waals surface area contributed by atoms with E-state index in [1.54, 1.807) is 38.4 Å². The Morgan fingerprint density at radius 1 is 0.919 bits per heavy atom. The van der Waals surface area contributed by atoms with Crippen LogP contribution in [0.5, 0.6) is 0 Å². The summed E-state index contributed by atoms with van der Waals surface area (Å²) in [4.78, 5) is 15.3. The minimum absolute atomic E-state index is 0.0453. The zero-order valence-electron chi connectivity index (χ0n) is 20.1. The molecular formula is C28H23F4N3OS. The summed E-state index contributed by atoms with van der Waals surface area (Å²) in [5.41, 5.74) is -0.755. The summed E-state index contributed by atoms with van der Waals surface area (Å²) >= 11 is 1.07. The van der Waals surface area contributed by atoms with Crippen molar-refractivity contribution in [1.29, 1.82) is 5.26 Å². The summed E-state index contributed by atoms with van der Waals surface area (Å²) in [6, 6.07) is 17.3. The Kier molecular flexibility index (Phi) is 9.15. The van der Waals surface area contributed by atoms with E-state index >= 15 is 0 Å². The summed E-state index contributed by atoms with van der Waals surface area (Å²) in [6.45, 7) is 0. The van der Waals surface area contributed by atoms with Gasteiger partial charge in [0.25, 0.3) is 0 Å². The second-order valence-corrected chi connectivity index (χ2v) is 9.32. The number of benzene rings is 3. The quantitative estimate of drug-likeness (QED) is 0.210. The molecule has 1 amide bonds. The SMILES string of the molecule is CN(C)C=O.N#CC(Cc1ccccc1F)(Cc1ccccc1F)c1nc(-c2cc(F)ccc2F)cs1. The lowest BCUT2D eigenvalue weighted by atomic mass is 9.78. The lowest BCUT2D eigenvalue weighted by Gasteiger charge is -2.25. The monoisotopic (exact) mass is 525 g/mol. The van der Waals surface area contributed by atoms with Gasteiger partial charge in [-0.05, 0) is 41.5 Å². The molecule has 190 valence electrons. The smallest absolute Gasteiger partial charge is 0.209 e. The van der Waals surface area contributed by atoms with Crippen LogP contribution in [-0.2, 0) is 23.1 Å². The van der Waals surface area contributed by atoms with Crippen LogP contribution in [0, 0.1) is 34.6 Å². The molecule has 0 saturated heterocycles. The van der Waals surface area contributed by atoms with Gasteiger partial charge in [0.05, 0.1) is 11.8 Å². The van der Waals surface area contributed by atoms with E-state index in [9.17, 15) is 27.6 Å². The van der Waals surface area contributed by atoms with Gasteiger partial charge in [0.2, 0.25) is 6.41 Å². The number of carbonyl (C=O) groups is 1. The minimum Gasteiger partial charge on any atom is -0.351 e. The number of carbonyl (C=O) groups excluding carboxylic acids is 1. The highest BCUT2D eigenvalue weighted by molar-refractivity contribution is 7.10. The average Bonchev–Trinajstić information content (AvgIpc) is 3.39. The predicted molar refractivity (Wildman–Crippen MR) is 135 cm³/mol. The van der Waals surface area contributed by atoms with E-state index in [1.807, 2.05) is 0 Å². The van der Waals surface area contributed by atoms with Crippen molar-refractivity contribution >= 4 is 17.7 Å². The maximum Gasteiger partial charge on any atom is 0.209 e. The summed E-state index contributed by atoms with van der Waals surface area (Å²) in [5.74, 6) is -2.27. The van der Waals surface area contributed by atoms with Gasteiger partial charge in [-0.25, -0.2) is 22.5 Å². The van der Waals surface area contributed by atoms with Gasteiger partial charge in [0, 0.05) is 37.9 Å². The molecule has 4 aromatic rings. The summed E-state index contributed by atoms with van der Waals surface area (Å²) in [6.07, 6.45) is 0.617. The van der Waals surface area contributed by atoms with Crippen molar-refractivity contribution < 1.29 is 22.4 Å². The molecule has 0 N–H and O–H groups in total. The van der Waals surface area contributed by atoms with Crippen LogP contribution in [0.2, 0.25) is 0 Å². The van der Waals surface area contributed by atoms with Crippen molar-refractivity contribution in [3.05, 3.63) is 112 Å². The molecule has 0 atom stereocenters. The Labute approximate surface area is 216 Å². The van der Waals surface area contributed by atoms with Gasteiger partial charge >= 0.3 is 0 Å². The van der Waals surface area contributed by atoms with E-state index < -0.39 is 28.7 Å². The zero-order chi connectivity index (χ0) is 27.0.